The minimum absolute atomic E-state index is 0.244. The van der Waals surface area contributed by atoms with Gasteiger partial charge in [0, 0.05) is 5.56 Å². The first-order valence-electron chi connectivity index (χ1n) is 9.52. The van der Waals surface area contributed by atoms with Crippen molar-refractivity contribution in [1.29, 1.82) is 0 Å². The molecule has 0 radical (unpaired) electrons. The average molecular weight is 369 g/mol. The number of imide groups is 1. The molecule has 2 bridgehead atoms. The summed E-state index contributed by atoms with van der Waals surface area (Å²) in [4.78, 5) is 51.1. The monoisotopic (exact) mass is 369 g/mol. The zero-order valence-corrected chi connectivity index (χ0v) is 15.5. The fraction of sp³-hybridized carbons (Fsp3) is 0.524. The third-order valence-corrected chi connectivity index (χ3v) is 6.41. The second kappa shape index (κ2) is 6.59. The number of rotatable bonds is 5. The molecule has 0 N–H and O–H groups in total. The Hall–Kier alpha value is -2.50. The molecular weight excluding hydrogens is 346 g/mol. The van der Waals surface area contributed by atoms with E-state index in [2.05, 4.69) is 0 Å². The maximum atomic E-state index is 12.8. The summed E-state index contributed by atoms with van der Waals surface area (Å²) in [7, 11) is 0. The van der Waals surface area contributed by atoms with Crippen LogP contribution in [0.2, 0.25) is 0 Å². The molecule has 4 rings (SSSR count). The lowest BCUT2D eigenvalue weighted by atomic mass is 9.81. The van der Waals surface area contributed by atoms with Gasteiger partial charge < -0.3 is 4.74 Å². The molecule has 1 aromatic carbocycles. The van der Waals surface area contributed by atoms with E-state index in [0.29, 0.717) is 5.56 Å². The number of carbonyl (C=O) groups excluding carboxylic acids is 4. The van der Waals surface area contributed by atoms with Gasteiger partial charge in [0.05, 0.1) is 11.8 Å². The van der Waals surface area contributed by atoms with Gasteiger partial charge in [-0.3, -0.25) is 19.3 Å². The van der Waals surface area contributed by atoms with Crippen molar-refractivity contribution in [3.8, 4) is 0 Å². The molecule has 3 aliphatic rings. The number of likely N-dealkylation sites (tertiary alicyclic amines) is 1. The molecule has 0 unspecified atom stereocenters. The predicted molar refractivity (Wildman–Crippen MR) is 95.6 cm³/mol. The zero-order chi connectivity index (χ0) is 19.3. The van der Waals surface area contributed by atoms with Gasteiger partial charge in [-0.05, 0) is 44.9 Å². The van der Waals surface area contributed by atoms with Gasteiger partial charge in [-0.2, -0.15) is 0 Å². The van der Waals surface area contributed by atoms with Crippen LogP contribution >= 0.6 is 0 Å². The lowest BCUT2D eigenvalue weighted by Gasteiger charge is -2.22. The second-order valence-electron chi connectivity index (χ2n) is 8.00. The molecule has 6 heteroatoms. The number of nitrogens with zero attached hydrogens (tertiary/aromatic N) is 1. The summed E-state index contributed by atoms with van der Waals surface area (Å²) >= 11 is 0. The molecule has 2 aliphatic carbocycles. The van der Waals surface area contributed by atoms with Crippen LogP contribution in [0.25, 0.3) is 0 Å². The van der Waals surface area contributed by atoms with E-state index in [1.807, 2.05) is 19.1 Å². The van der Waals surface area contributed by atoms with Crippen LogP contribution in [0.1, 0.15) is 42.1 Å². The van der Waals surface area contributed by atoms with Crippen molar-refractivity contribution in [2.45, 2.75) is 39.2 Å². The Morgan fingerprint density at radius 1 is 1.07 bits per heavy atom. The van der Waals surface area contributed by atoms with Crippen molar-refractivity contribution in [3.05, 3.63) is 35.4 Å². The summed E-state index contributed by atoms with van der Waals surface area (Å²) in [6.45, 7) is 3.01. The van der Waals surface area contributed by atoms with E-state index in [-0.39, 0.29) is 41.3 Å². The number of hydrogen-bond acceptors (Lipinski definition) is 5. The van der Waals surface area contributed by atoms with Crippen LogP contribution in [-0.4, -0.2) is 41.1 Å². The second-order valence-corrected chi connectivity index (χ2v) is 8.00. The number of carbonyl (C=O) groups is 4. The first-order chi connectivity index (χ1) is 12.9. The van der Waals surface area contributed by atoms with Gasteiger partial charge in [0.2, 0.25) is 11.8 Å². The SMILES string of the molecule is Cc1ccc(C(=O)COC(=O)[C@@H](C)N2C(=O)[C@@H]3[C@@H]4CC[C@H](C4)[C@@H]3C2=O)cc1. The van der Waals surface area contributed by atoms with E-state index in [0.717, 1.165) is 29.7 Å². The van der Waals surface area contributed by atoms with E-state index in [1.165, 1.54) is 6.92 Å². The molecule has 1 saturated heterocycles. The normalized spacial score (nSPS) is 29.8. The first-order valence-corrected chi connectivity index (χ1v) is 9.52. The molecule has 1 aliphatic heterocycles. The number of fused-ring (bicyclic) bond motifs is 5. The standard InChI is InChI=1S/C21H23NO5/c1-11-3-5-13(6-4-11)16(23)10-27-21(26)12(2)22-19(24)17-14-7-8-15(9-14)18(17)20(22)25/h3-6,12,14-15,17-18H,7-10H2,1-2H3/t12-,14-,15-,17-,18+/m1/s1. The highest BCUT2D eigenvalue weighted by atomic mass is 16.5. The minimum Gasteiger partial charge on any atom is -0.456 e. The van der Waals surface area contributed by atoms with E-state index in [1.54, 1.807) is 12.1 Å². The lowest BCUT2D eigenvalue weighted by Crippen LogP contribution is -2.45. The summed E-state index contributed by atoms with van der Waals surface area (Å²) in [5.74, 6) is -1.51. The van der Waals surface area contributed by atoms with Crippen molar-refractivity contribution in [2.75, 3.05) is 6.61 Å². The fourth-order valence-corrected chi connectivity index (χ4v) is 5.00. The largest absolute Gasteiger partial charge is 0.456 e. The molecule has 142 valence electrons. The van der Waals surface area contributed by atoms with Crippen LogP contribution in [0.3, 0.4) is 0 Å². The summed E-state index contributed by atoms with van der Waals surface area (Å²) in [6, 6.07) is 5.98. The predicted octanol–water partition coefficient (Wildman–Crippen LogP) is 2.14. The van der Waals surface area contributed by atoms with Crippen molar-refractivity contribution in [1.82, 2.24) is 4.90 Å². The molecule has 2 saturated carbocycles. The minimum atomic E-state index is -0.999. The number of benzene rings is 1. The fourth-order valence-electron chi connectivity index (χ4n) is 5.00. The average Bonchev–Trinajstić information content (AvgIpc) is 3.33. The molecule has 1 aromatic rings. The molecule has 27 heavy (non-hydrogen) atoms. The highest BCUT2D eigenvalue weighted by molar-refractivity contribution is 6.08. The molecule has 0 spiro atoms. The summed E-state index contributed by atoms with van der Waals surface area (Å²) in [5, 5.41) is 0. The zero-order valence-electron chi connectivity index (χ0n) is 15.5. The summed E-state index contributed by atoms with van der Waals surface area (Å²) < 4.78 is 5.12. The molecular formula is C21H23NO5. The van der Waals surface area contributed by atoms with Gasteiger partial charge in [0.25, 0.3) is 0 Å². The number of ether oxygens (including phenoxy) is 1. The van der Waals surface area contributed by atoms with Gasteiger partial charge in [-0.1, -0.05) is 29.8 Å². The first kappa shape index (κ1) is 17.9. The van der Waals surface area contributed by atoms with Crippen LogP contribution in [0.4, 0.5) is 0 Å². The van der Waals surface area contributed by atoms with Crippen LogP contribution < -0.4 is 0 Å². The van der Waals surface area contributed by atoms with Crippen molar-refractivity contribution in [3.63, 3.8) is 0 Å². The molecule has 3 fully saturated rings. The molecule has 0 aromatic heterocycles. The Morgan fingerprint density at radius 2 is 1.63 bits per heavy atom. The Morgan fingerprint density at radius 3 is 2.19 bits per heavy atom. The summed E-state index contributed by atoms with van der Waals surface area (Å²) in [6.07, 6.45) is 2.93. The number of amides is 2. The third-order valence-electron chi connectivity index (χ3n) is 6.41. The quantitative estimate of drug-likeness (QED) is 0.451. The lowest BCUT2D eigenvalue weighted by molar-refractivity contribution is -0.157. The third kappa shape index (κ3) is 2.87. The number of ketones is 1. The van der Waals surface area contributed by atoms with Crippen LogP contribution in [0.15, 0.2) is 24.3 Å². The Balaban J connectivity index is 1.39. The summed E-state index contributed by atoms with van der Waals surface area (Å²) in [5.41, 5.74) is 1.49. The van der Waals surface area contributed by atoms with E-state index in [4.69, 9.17) is 4.74 Å². The Bertz CT molecular complexity index is 786. The Kier molecular flexibility index (Phi) is 4.36. The number of hydrogen-bond donors (Lipinski definition) is 0. The van der Waals surface area contributed by atoms with Gasteiger partial charge in [0.1, 0.15) is 6.04 Å². The van der Waals surface area contributed by atoms with E-state index < -0.39 is 18.6 Å². The maximum Gasteiger partial charge on any atom is 0.329 e. The number of esters is 1. The topological polar surface area (TPSA) is 80.8 Å². The van der Waals surface area contributed by atoms with Gasteiger partial charge in [-0.25, -0.2) is 4.79 Å². The van der Waals surface area contributed by atoms with Gasteiger partial charge >= 0.3 is 5.97 Å². The smallest absolute Gasteiger partial charge is 0.329 e. The molecule has 1 heterocycles. The van der Waals surface area contributed by atoms with E-state index >= 15 is 0 Å². The van der Waals surface area contributed by atoms with E-state index in [9.17, 15) is 19.2 Å². The van der Waals surface area contributed by atoms with Crippen molar-refractivity contribution >= 4 is 23.6 Å². The maximum absolute atomic E-state index is 12.8. The van der Waals surface area contributed by atoms with Crippen molar-refractivity contribution in [2.24, 2.45) is 23.7 Å². The van der Waals surface area contributed by atoms with Crippen LogP contribution in [0.5, 0.6) is 0 Å². The number of Topliss-reactive ketones (excluding diaryl/α,β-unsaturated/α-hetero) is 1. The van der Waals surface area contributed by atoms with Gasteiger partial charge in [0.15, 0.2) is 12.4 Å². The number of aryl methyl sites for hydroxylation is 1. The molecule has 2 amide bonds. The van der Waals surface area contributed by atoms with Crippen LogP contribution in [0, 0.1) is 30.6 Å². The highest BCUT2D eigenvalue weighted by Crippen LogP contribution is 2.56. The van der Waals surface area contributed by atoms with Crippen molar-refractivity contribution < 1.29 is 23.9 Å². The molecule has 6 nitrogen and oxygen atoms in total. The van der Waals surface area contributed by atoms with Gasteiger partial charge in [-0.15, -0.1) is 0 Å². The highest BCUT2D eigenvalue weighted by Gasteiger charge is 2.62. The Labute approximate surface area is 157 Å². The molecule has 5 atom stereocenters. The van der Waals surface area contributed by atoms with Crippen LogP contribution in [-0.2, 0) is 19.1 Å².